The van der Waals surface area contributed by atoms with Gasteiger partial charge in [0.2, 0.25) is 0 Å². The predicted molar refractivity (Wildman–Crippen MR) is 120 cm³/mol. The number of hydrogen-bond donors (Lipinski definition) is 1. The maximum atomic E-state index is 12.7. The highest BCUT2D eigenvalue weighted by molar-refractivity contribution is 6.31. The molecule has 29 heavy (non-hydrogen) atoms. The molecule has 0 aromatic heterocycles. The minimum atomic E-state index is -0.0120. The van der Waals surface area contributed by atoms with Crippen molar-refractivity contribution in [2.75, 3.05) is 13.1 Å². The average Bonchev–Trinajstić information content (AvgIpc) is 3.18. The summed E-state index contributed by atoms with van der Waals surface area (Å²) in [6.45, 7) is 2.24. The van der Waals surface area contributed by atoms with Gasteiger partial charge >= 0.3 is 0 Å². The molecule has 1 amide bonds. The van der Waals surface area contributed by atoms with Gasteiger partial charge in [-0.1, -0.05) is 41.4 Å². The molecule has 0 spiro atoms. The third-order valence-electron chi connectivity index (χ3n) is 6.44. The lowest BCUT2D eigenvalue weighted by molar-refractivity contribution is 0.0862. The molecule has 2 fully saturated rings. The highest BCUT2D eigenvalue weighted by Gasteiger charge is 2.35. The highest BCUT2D eigenvalue weighted by atomic mass is 35.5. The van der Waals surface area contributed by atoms with Gasteiger partial charge in [-0.25, -0.2) is 0 Å². The van der Waals surface area contributed by atoms with E-state index in [1.807, 2.05) is 24.3 Å². The molecule has 0 radical (unpaired) electrons. The monoisotopic (exact) mass is 430 g/mol. The summed E-state index contributed by atoms with van der Waals surface area (Å²) in [5, 5.41) is 4.68. The molecule has 3 nitrogen and oxygen atoms in total. The number of piperidine rings is 1. The van der Waals surface area contributed by atoms with E-state index >= 15 is 0 Å². The number of nitrogens with one attached hydrogen (secondary N) is 1. The molecule has 1 saturated heterocycles. The first-order valence-electron chi connectivity index (χ1n) is 10.6. The van der Waals surface area contributed by atoms with E-state index < -0.39 is 0 Å². The summed E-state index contributed by atoms with van der Waals surface area (Å²) < 4.78 is 0. The molecular formula is C24H28Cl2N2O. The van der Waals surface area contributed by atoms with Crippen molar-refractivity contribution in [2.45, 2.75) is 50.6 Å². The van der Waals surface area contributed by atoms with Gasteiger partial charge in [0.1, 0.15) is 0 Å². The van der Waals surface area contributed by atoms with Crippen molar-refractivity contribution < 1.29 is 4.79 Å². The Hall–Kier alpha value is -1.55. The van der Waals surface area contributed by atoms with Crippen molar-refractivity contribution >= 4 is 29.1 Å². The Kier molecular flexibility index (Phi) is 6.79. The summed E-state index contributed by atoms with van der Waals surface area (Å²) in [4.78, 5) is 15.3. The molecule has 0 bridgehead atoms. The number of rotatable bonds is 5. The number of carbonyl (C=O) groups excluding carboxylic acids is 1. The number of likely N-dealkylation sites (tertiary alicyclic amines) is 1. The molecule has 0 unspecified atom stereocenters. The Bertz CT molecular complexity index is 831. The lowest BCUT2D eigenvalue weighted by atomic mass is 9.89. The van der Waals surface area contributed by atoms with Crippen LogP contribution in [0.5, 0.6) is 0 Å². The normalized spacial score (nSPS) is 23.2. The van der Waals surface area contributed by atoms with Crippen LogP contribution in [0.15, 0.2) is 48.5 Å². The van der Waals surface area contributed by atoms with Gasteiger partial charge in [0, 0.05) is 27.7 Å². The number of amides is 1. The first kappa shape index (κ1) is 20.7. The molecule has 1 heterocycles. The van der Waals surface area contributed by atoms with Crippen LogP contribution in [-0.2, 0) is 6.42 Å². The minimum absolute atomic E-state index is 0.0120. The number of benzene rings is 2. The van der Waals surface area contributed by atoms with Crippen molar-refractivity contribution in [3.8, 4) is 0 Å². The quantitative estimate of drug-likeness (QED) is 0.669. The van der Waals surface area contributed by atoms with Crippen LogP contribution < -0.4 is 5.32 Å². The lowest BCUT2D eigenvalue weighted by Crippen LogP contribution is -2.51. The molecule has 2 aromatic carbocycles. The average molecular weight is 431 g/mol. The molecule has 1 aliphatic carbocycles. The van der Waals surface area contributed by atoms with Gasteiger partial charge in [-0.05, 0) is 93.4 Å². The molecular weight excluding hydrogens is 403 g/mol. The molecule has 5 heteroatoms. The maximum Gasteiger partial charge on any atom is 0.251 e. The number of halogens is 2. The molecule has 1 saturated carbocycles. The van der Waals surface area contributed by atoms with Crippen LogP contribution in [0.4, 0.5) is 0 Å². The maximum absolute atomic E-state index is 12.7. The Morgan fingerprint density at radius 1 is 0.966 bits per heavy atom. The third kappa shape index (κ3) is 5.33. The smallest absolute Gasteiger partial charge is 0.251 e. The highest BCUT2D eigenvalue weighted by Crippen LogP contribution is 2.30. The predicted octanol–water partition coefficient (Wildman–Crippen LogP) is 5.60. The van der Waals surface area contributed by atoms with Crippen LogP contribution in [0.3, 0.4) is 0 Å². The van der Waals surface area contributed by atoms with Crippen molar-refractivity contribution in [3.63, 3.8) is 0 Å². The van der Waals surface area contributed by atoms with E-state index in [-0.39, 0.29) is 11.9 Å². The fourth-order valence-electron chi connectivity index (χ4n) is 4.87. The summed E-state index contributed by atoms with van der Waals surface area (Å²) in [6, 6.07) is 16.1. The van der Waals surface area contributed by atoms with Crippen molar-refractivity contribution in [2.24, 2.45) is 5.92 Å². The van der Waals surface area contributed by atoms with Crippen LogP contribution in [0.1, 0.15) is 48.0 Å². The number of carbonyl (C=O) groups is 1. The van der Waals surface area contributed by atoms with Crippen molar-refractivity contribution in [3.05, 3.63) is 69.7 Å². The van der Waals surface area contributed by atoms with Gasteiger partial charge < -0.3 is 5.32 Å². The van der Waals surface area contributed by atoms with Gasteiger partial charge in [-0.2, -0.15) is 0 Å². The van der Waals surface area contributed by atoms with Crippen molar-refractivity contribution in [1.82, 2.24) is 10.2 Å². The molecule has 154 valence electrons. The zero-order chi connectivity index (χ0) is 20.2. The molecule has 1 N–H and O–H groups in total. The first-order valence-corrected chi connectivity index (χ1v) is 11.4. The summed E-state index contributed by atoms with van der Waals surface area (Å²) in [5.41, 5.74) is 2.02. The van der Waals surface area contributed by atoms with E-state index in [0.29, 0.717) is 16.6 Å². The number of hydrogen-bond acceptors (Lipinski definition) is 2. The summed E-state index contributed by atoms with van der Waals surface area (Å²) in [6.07, 6.45) is 6.96. The molecule has 4 rings (SSSR count). The first-order chi connectivity index (χ1) is 14.1. The fourth-order valence-corrected chi connectivity index (χ4v) is 5.19. The zero-order valence-corrected chi connectivity index (χ0v) is 18.1. The second-order valence-corrected chi connectivity index (χ2v) is 9.27. The molecule has 2 aromatic rings. The van der Waals surface area contributed by atoms with E-state index in [1.165, 1.54) is 31.2 Å². The van der Waals surface area contributed by atoms with Crippen LogP contribution in [0.25, 0.3) is 0 Å². The van der Waals surface area contributed by atoms with Gasteiger partial charge in [0.15, 0.2) is 0 Å². The molecule has 2 atom stereocenters. The van der Waals surface area contributed by atoms with Gasteiger partial charge in [-0.15, -0.1) is 0 Å². The summed E-state index contributed by atoms with van der Waals surface area (Å²) in [7, 11) is 0. The van der Waals surface area contributed by atoms with Crippen molar-refractivity contribution in [1.29, 1.82) is 0 Å². The fraction of sp³-hybridized carbons (Fsp3) is 0.458. The SMILES string of the molecule is O=C(N[C@@H]1CCC[C@H]1N1CCC(Cc2ccc(Cl)cc2)CC1)c1cccc(Cl)c1. The van der Waals surface area contributed by atoms with E-state index in [1.54, 1.807) is 12.1 Å². The summed E-state index contributed by atoms with van der Waals surface area (Å²) >= 11 is 12.0. The minimum Gasteiger partial charge on any atom is -0.348 e. The van der Waals surface area contributed by atoms with Gasteiger partial charge in [0.05, 0.1) is 0 Å². The van der Waals surface area contributed by atoms with E-state index in [0.717, 1.165) is 36.9 Å². The lowest BCUT2D eigenvalue weighted by Gasteiger charge is -2.38. The Morgan fingerprint density at radius 3 is 2.45 bits per heavy atom. The largest absolute Gasteiger partial charge is 0.348 e. The topological polar surface area (TPSA) is 32.3 Å². The Balaban J connectivity index is 1.30. The second-order valence-electron chi connectivity index (χ2n) is 8.40. The Labute approximate surface area is 183 Å². The summed E-state index contributed by atoms with van der Waals surface area (Å²) in [5.74, 6) is 0.718. The third-order valence-corrected chi connectivity index (χ3v) is 6.93. The molecule has 1 aliphatic heterocycles. The van der Waals surface area contributed by atoms with Crippen LogP contribution in [0.2, 0.25) is 10.0 Å². The van der Waals surface area contributed by atoms with E-state index in [4.69, 9.17) is 23.2 Å². The van der Waals surface area contributed by atoms with E-state index in [9.17, 15) is 4.79 Å². The van der Waals surface area contributed by atoms with Crippen LogP contribution in [-0.4, -0.2) is 36.0 Å². The molecule has 2 aliphatic rings. The van der Waals surface area contributed by atoms with E-state index in [2.05, 4.69) is 22.3 Å². The standard InChI is InChI=1S/C24H28Cl2N2O/c25-20-9-7-17(8-10-20)15-18-11-13-28(14-12-18)23-6-2-5-22(23)27-24(29)19-3-1-4-21(26)16-19/h1,3-4,7-10,16,18,22-23H,2,5-6,11-15H2,(H,27,29)/t22-,23-/m1/s1. The zero-order valence-electron chi connectivity index (χ0n) is 16.6. The van der Waals surface area contributed by atoms with Gasteiger partial charge in [0.25, 0.3) is 5.91 Å². The number of nitrogens with zero attached hydrogens (tertiary/aromatic N) is 1. The van der Waals surface area contributed by atoms with Crippen LogP contribution >= 0.6 is 23.2 Å². The van der Waals surface area contributed by atoms with Gasteiger partial charge in [-0.3, -0.25) is 9.69 Å². The van der Waals surface area contributed by atoms with Crippen LogP contribution in [0, 0.1) is 5.92 Å². The second kappa shape index (κ2) is 9.51. The Morgan fingerprint density at radius 2 is 1.72 bits per heavy atom.